The van der Waals surface area contributed by atoms with Gasteiger partial charge in [-0.15, -0.1) is 0 Å². The van der Waals surface area contributed by atoms with Crippen molar-refractivity contribution in [3.63, 3.8) is 0 Å². The van der Waals surface area contributed by atoms with E-state index in [1.807, 2.05) is 17.6 Å². The topological polar surface area (TPSA) is 79.5 Å². The van der Waals surface area contributed by atoms with Crippen LogP contribution in [0.4, 0.5) is 21.0 Å². The molecule has 0 aliphatic rings. The number of hydrogen-bond donors (Lipinski definition) is 3. The van der Waals surface area contributed by atoms with E-state index >= 15 is 0 Å². The number of amides is 3. The smallest absolute Gasteiger partial charge is 0.320 e. The van der Waals surface area contributed by atoms with E-state index in [-0.39, 0.29) is 0 Å². The van der Waals surface area contributed by atoms with Crippen LogP contribution in [0.2, 0.25) is 0 Å². The van der Waals surface area contributed by atoms with E-state index in [9.17, 15) is 9.59 Å². The zero-order chi connectivity index (χ0) is 14.2. The average molecular weight is 271 g/mol. The fraction of sp³-hybridized carbons (Fsp3) is 0. The van der Waals surface area contributed by atoms with E-state index in [1.165, 1.54) is 0 Å². The number of anilines is 2. The second-order valence-electron chi connectivity index (χ2n) is 3.80. The van der Waals surface area contributed by atoms with Crippen molar-refractivity contribution in [2.75, 3.05) is 10.6 Å². The van der Waals surface area contributed by atoms with E-state index < -0.39 is 12.1 Å². The number of para-hydroxylation sites is 2. The summed E-state index contributed by atoms with van der Waals surface area (Å²) in [6.45, 7) is 0. The molecule has 0 spiro atoms. The van der Waals surface area contributed by atoms with Gasteiger partial charge in [0.05, 0.1) is 0 Å². The molecule has 102 valence electrons. The summed E-state index contributed by atoms with van der Waals surface area (Å²) in [7, 11) is 0. The summed E-state index contributed by atoms with van der Waals surface area (Å²) in [4.78, 5) is 27.4. The Morgan fingerprint density at radius 3 is 1.80 bits per heavy atom. The van der Waals surface area contributed by atoms with E-state index in [2.05, 4.69) is 15.5 Å². The number of hydrogen-bond acceptors (Lipinski definition) is 3. The zero-order valence-electron chi connectivity index (χ0n) is 10.5. The highest BCUT2D eigenvalue weighted by Gasteiger charge is 2.06. The van der Waals surface area contributed by atoms with Gasteiger partial charge in [0.25, 0.3) is 0 Å². The van der Waals surface area contributed by atoms with Gasteiger partial charge in [-0.2, -0.15) is 5.48 Å². The number of rotatable bonds is 2. The monoisotopic (exact) mass is 271 g/mol. The summed E-state index contributed by atoms with van der Waals surface area (Å²) in [5.74, 6) is 0. The first kappa shape index (κ1) is 13.4. The van der Waals surface area contributed by atoms with Gasteiger partial charge in [0.2, 0.25) is 0 Å². The number of carbonyl (C=O) groups is 2. The fourth-order valence-corrected chi connectivity index (χ4v) is 1.44. The Morgan fingerprint density at radius 1 is 0.750 bits per heavy atom. The Kier molecular flexibility index (Phi) is 4.55. The van der Waals surface area contributed by atoms with Crippen molar-refractivity contribution in [3.8, 4) is 0 Å². The third kappa shape index (κ3) is 4.34. The third-order valence-electron chi connectivity index (χ3n) is 2.29. The summed E-state index contributed by atoms with van der Waals surface area (Å²) < 4.78 is 0. The Hall–Kier alpha value is -3.02. The first-order valence-corrected chi connectivity index (χ1v) is 5.89. The lowest BCUT2D eigenvalue weighted by atomic mass is 10.3. The molecule has 0 unspecified atom stereocenters. The molecule has 0 aliphatic heterocycles. The van der Waals surface area contributed by atoms with Crippen LogP contribution < -0.4 is 16.1 Å². The predicted molar refractivity (Wildman–Crippen MR) is 75.1 cm³/mol. The number of benzene rings is 2. The van der Waals surface area contributed by atoms with Crippen LogP contribution >= 0.6 is 0 Å². The summed E-state index contributed by atoms with van der Waals surface area (Å²) in [6, 6.07) is 16.9. The van der Waals surface area contributed by atoms with Gasteiger partial charge in [0.1, 0.15) is 0 Å². The molecule has 0 fully saturated rings. The maximum atomic E-state index is 11.4. The van der Waals surface area contributed by atoms with E-state index in [4.69, 9.17) is 0 Å². The van der Waals surface area contributed by atoms with Crippen LogP contribution in [0.3, 0.4) is 0 Å². The van der Waals surface area contributed by atoms with Crippen molar-refractivity contribution >= 4 is 23.5 Å². The lowest BCUT2D eigenvalue weighted by Gasteiger charge is -2.08. The van der Waals surface area contributed by atoms with E-state index in [0.717, 1.165) is 0 Å². The van der Waals surface area contributed by atoms with Gasteiger partial charge in [-0.05, 0) is 24.3 Å². The van der Waals surface area contributed by atoms with Crippen LogP contribution in [0.5, 0.6) is 0 Å². The van der Waals surface area contributed by atoms with Crippen LogP contribution in [0.25, 0.3) is 0 Å². The van der Waals surface area contributed by atoms with Gasteiger partial charge in [0.15, 0.2) is 0 Å². The summed E-state index contributed by atoms with van der Waals surface area (Å²) in [5, 5.41) is 4.96. The minimum absolute atomic E-state index is 0.572. The third-order valence-corrected chi connectivity index (χ3v) is 2.29. The highest BCUT2D eigenvalue weighted by Crippen LogP contribution is 2.05. The van der Waals surface area contributed by atoms with Crippen molar-refractivity contribution in [1.29, 1.82) is 0 Å². The molecule has 2 aromatic rings. The lowest BCUT2D eigenvalue weighted by Crippen LogP contribution is -2.33. The Labute approximate surface area is 115 Å². The van der Waals surface area contributed by atoms with Gasteiger partial charge >= 0.3 is 12.1 Å². The summed E-state index contributed by atoms with van der Waals surface area (Å²) >= 11 is 0. The highest BCUT2D eigenvalue weighted by atomic mass is 16.7. The molecular weight excluding hydrogens is 258 g/mol. The van der Waals surface area contributed by atoms with Crippen LogP contribution in [0, 0.1) is 0 Å². The molecule has 2 rings (SSSR count). The molecule has 0 heterocycles. The summed E-state index contributed by atoms with van der Waals surface area (Å²) in [5.41, 5.74) is 3.16. The molecule has 0 bridgehead atoms. The second kappa shape index (κ2) is 6.79. The van der Waals surface area contributed by atoms with Crippen molar-refractivity contribution in [3.05, 3.63) is 60.7 Å². The molecular formula is C14H13N3O3. The highest BCUT2D eigenvalue weighted by molar-refractivity contribution is 5.90. The van der Waals surface area contributed by atoms with Crippen molar-refractivity contribution in [2.45, 2.75) is 0 Å². The Bertz CT molecular complexity index is 519. The van der Waals surface area contributed by atoms with E-state index in [1.54, 1.807) is 48.5 Å². The van der Waals surface area contributed by atoms with Crippen LogP contribution in [-0.2, 0) is 4.84 Å². The predicted octanol–water partition coefficient (Wildman–Crippen LogP) is 2.97. The Balaban J connectivity index is 1.75. The standard InChI is InChI=1S/C14H13N3O3/c18-13(15-11-7-3-1-4-8-11)17-20-14(19)16-12-9-5-2-6-10-12/h1-10H,(H,16,19)(H2,15,17,18). The molecule has 0 radical (unpaired) electrons. The van der Waals surface area contributed by atoms with Gasteiger partial charge < -0.3 is 10.2 Å². The zero-order valence-corrected chi connectivity index (χ0v) is 10.5. The fourth-order valence-electron chi connectivity index (χ4n) is 1.44. The number of hydroxylamine groups is 1. The minimum atomic E-state index is -0.778. The molecule has 6 nitrogen and oxygen atoms in total. The quantitative estimate of drug-likeness (QED) is 0.735. The lowest BCUT2D eigenvalue weighted by molar-refractivity contribution is 0.117. The van der Waals surface area contributed by atoms with Crippen molar-refractivity contribution in [1.82, 2.24) is 5.48 Å². The average Bonchev–Trinajstić information content (AvgIpc) is 2.47. The molecule has 0 atom stereocenters. The normalized spacial score (nSPS) is 9.40. The summed E-state index contributed by atoms with van der Waals surface area (Å²) in [6.07, 6.45) is -0.778. The van der Waals surface area contributed by atoms with Gasteiger partial charge in [-0.25, -0.2) is 9.59 Å². The van der Waals surface area contributed by atoms with Gasteiger partial charge in [-0.3, -0.25) is 5.32 Å². The molecule has 0 aliphatic carbocycles. The van der Waals surface area contributed by atoms with E-state index in [0.29, 0.717) is 11.4 Å². The molecule has 0 aromatic heterocycles. The molecule has 6 heteroatoms. The van der Waals surface area contributed by atoms with Crippen LogP contribution in [0.1, 0.15) is 0 Å². The van der Waals surface area contributed by atoms with Crippen LogP contribution in [-0.4, -0.2) is 12.1 Å². The van der Waals surface area contributed by atoms with Crippen molar-refractivity contribution < 1.29 is 14.4 Å². The molecule has 20 heavy (non-hydrogen) atoms. The number of nitrogens with one attached hydrogen (secondary N) is 3. The van der Waals surface area contributed by atoms with Crippen molar-refractivity contribution in [2.24, 2.45) is 0 Å². The molecule has 0 saturated heterocycles. The minimum Gasteiger partial charge on any atom is -0.320 e. The Morgan fingerprint density at radius 2 is 1.25 bits per heavy atom. The first-order valence-electron chi connectivity index (χ1n) is 5.89. The SMILES string of the molecule is O=C(NOC(=O)Nc1ccccc1)Nc1ccccc1. The molecule has 3 N–H and O–H groups in total. The number of carbonyl (C=O) groups excluding carboxylic acids is 2. The largest absolute Gasteiger partial charge is 0.436 e. The van der Waals surface area contributed by atoms with Gasteiger partial charge in [0, 0.05) is 11.4 Å². The van der Waals surface area contributed by atoms with Gasteiger partial charge in [-0.1, -0.05) is 36.4 Å². The second-order valence-corrected chi connectivity index (χ2v) is 3.80. The maximum absolute atomic E-state index is 11.4. The number of urea groups is 1. The molecule has 2 aromatic carbocycles. The molecule has 0 saturated carbocycles. The first-order chi connectivity index (χ1) is 9.74. The maximum Gasteiger partial charge on any atom is 0.436 e. The van der Waals surface area contributed by atoms with Crippen LogP contribution in [0.15, 0.2) is 60.7 Å². The molecule has 3 amide bonds.